The van der Waals surface area contributed by atoms with E-state index in [2.05, 4.69) is 10.2 Å². The maximum atomic E-state index is 10.6. The molecule has 1 aromatic carbocycles. The Morgan fingerprint density at radius 3 is 2.95 bits per heavy atom. The molecular formula is C12H12ClN3O2S. The summed E-state index contributed by atoms with van der Waals surface area (Å²) in [5.74, 6) is -0.166. The van der Waals surface area contributed by atoms with E-state index < -0.39 is 5.97 Å². The second-order valence-corrected chi connectivity index (χ2v) is 5.31. The third-order valence-corrected chi connectivity index (χ3v) is 3.64. The summed E-state index contributed by atoms with van der Waals surface area (Å²) in [6, 6.07) is 7.51. The zero-order valence-electron chi connectivity index (χ0n) is 10.2. The van der Waals surface area contributed by atoms with E-state index in [1.54, 1.807) is 0 Å². The lowest BCUT2D eigenvalue weighted by atomic mass is 10.2. The predicted molar refractivity (Wildman–Crippen MR) is 73.7 cm³/mol. The van der Waals surface area contributed by atoms with E-state index in [0.717, 1.165) is 23.1 Å². The standard InChI is InChI=1S/C12H12ClN3O2S/c1-8-14-15-12(19-7-11(17)18)16(8)6-9-3-2-4-10(13)5-9/h2-5H,6-7H2,1H3,(H,17,18). The third-order valence-electron chi connectivity index (χ3n) is 2.46. The van der Waals surface area contributed by atoms with Gasteiger partial charge in [0.1, 0.15) is 5.82 Å². The molecular weight excluding hydrogens is 286 g/mol. The number of aliphatic carboxylic acids is 1. The van der Waals surface area contributed by atoms with E-state index in [9.17, 15) is 4.79 Å². The number of aryl methyl sites for hydroxylation is 1. The van der Waals surface area contributed by atoms with Crippen LogP contribution in [0.5, 0.6) is 0 Å². The molecule has 0 unspecified atom stereocenters. The van der Waals surface area contributed by atoms with Crippen molar-refractivity contribution in [2.24, 2.45) is 0 Å². The van der Waals surface area contributed by atoms with E-state index >= 15 is 0 Å². The highest BCUT2D eigenvalue weighted by Gasteiger charge is 2.11. The second-order valence-electron chi connectivity index (χ2n) is 3.93. The SMILES string of the molecule is Cc1nnc(SCC(=O)O)n1Cc1cccc(Cl)c1. The largest absolute Gasteiger partial charge is 0.481 e. The molecule has 1 N–H and O–H groups in total. The highest BCUT2D eigenvalue weighted by Crippen LogP contribution is 2.19. The first-order valence-electron chi connectivity index (χ1n) is 5.55. The van der Waals surface area contributed by atoms with Crippen molar-refractivity contribution in [3.05, 3.63) is 40.7 Å². The fourth-order valence-corrected chi connectivity index (χ4v) is 2.51. The monoisotopic (exact) mass is 297 g/mol. The fraction of sp³-hybridized carbons (Fsp3) is 0.250. The Bertz CT molecular complexity index is 600. The molecule has 0 amide bonds. The summed E-state index contributed by atoms with van der Waals surface area (Å²) >= 11 is 7.10. The molecule has 0 radical (unpaired) electrons. The molecule has 0 saturated heterocycles. The van der Waals surface area contributed by atoms with Crippen LogP contribution < -0.4 is 0 Å². The van der Waals surface area contributed by atoms with Crippen molar-refractivity contribution >= 4 is 29.3 Å². The van der Waals surface area contributed by atoms with Crippen LogP contribution in [0.4, 0.5) is 0 Å². The van der Waals surface area contributed by atoms with Gasteiger partial charge in [0.2, 0.25) is 0 Å². The average Bonchev–Trinajstić information content (AvgIpc) is 2.68. The predicted octanol–water partition coefficient (Wildman–Crippen LogP) is 2.46. The molecule has 0 atom stereocenters. The zero-order chi connectivity index (χ0) is 13.8. The van der Waals surface area contributed by atoms with E-state index in [-0.39, 0.29) is 5.75 Å². The molecule has 2 rings (SSSR count). The van der Waals surface area contributed by atoms with Gasteiger partial charge >= 0.3 is 5.97 Å². The van der Waals surface area contributed by atoms with Crippen LogP contribution in [0.3, 0.4) is 0 Å². The van der Waals surface area contributed by atoms with Crippen molar-refractivity contribution in [3.8, 4) is 0 Å². The van der Waals surface area contributed by atoms with Crippen molar-refractivity contribution in [1.82, 2.24) is 14.8 Å². The minimum absolute atomic E-state index is 0.0340. The van der Waals surface area contributed by atoms with Gasteiger partial charge < -0.3 is 9.67 Å². The number of hydrogen-bond donors (Lipinski definition) is 1. The molecule has 1 aromatic heterocycles. The van der Waals surface area contributed by atoms with Crippen LogP contribution in [0.15, 0.2) is 29.4 Å². The summed E-state index contributed by atoms with van der Waals surface area (Å²) < 4.78 is 1.87. The lowest BCUT2D eigenvalue weighted by molar-refractivity contribution is -0.133. The Labute approximate surface area is 119 Å². The van der Waals surface area contributed by atoms with Crippen LogP contribution in [-0.2, 0) is 11.3 Å². The third kappa shape index (κ3) is 3.71. The smallest absolute Gasteiger partial charge is 0.313 e. The molecule has 0 bridgehead atoms. The second kappa shape index (κ2) is 6.08. The Morgan fingerprint density at radius 2 is 2.26 bits per heavy atom. The van der Waals surface area contributed by atoms with Crippen molar-refractivity contribution in [2.75, 3.05) is 5.75 Å². The molecule has 0 fully saturated rings. The minimum Gasteiger partial charge on any atom is -0.481 e. The summed E-state index contributed by atoms with van der Waals surface area (Å²) in [4.78, 5) is 10.6. The number of carbonyl (C=O) groups is 1. The normalized spacial score (nSPS) is 10.6. The summed E-state index contributed by atoms with van der Waals surface area (Å²) in [6.07, 6.45) is 0. The topological polar surface area (TPSA) is 68.0 Å². The summed E-state index contributed by atoms with van der Waals surface area (Å²) in [5.41, 5.74) is 1.02. The number of aromatic nitrogens is 3. The fourth-order valence-electron chi connectivity index (χ4n) is 1.59. The molecule has 19 heavy (non-hydrogen) atoms. The van der Waals surface area contributed by atoms with Gasteiger partial charge in [-0.05, 0) is 24.6 Å². The number of carboxylic acid groups (broad SMARTS) is 1. The Morgan fingerprint density at radius 1 is 1.47 bits per heavy atom. The van der Waals surface area contributed by atoms with Gasteiger partial charge in [0, 0.05) is 5.02 Å². The number of thioether (sulfide) groups is 1. The maximum absolute atomic E-state index is 10.6. The Hall–Kier alpha value is -1.53. The highest BCUT2D eigenvalue weighted by atomic mass is 35.5. The number of halogens is 1. The molecule has 1 heterocycles. The van der Waals surface area contributed by atoms with Gasteiger partial charge in [-0.25, -0.2) is 0 Å². The lowest BCUT2D eigenvalue weighted by Gasteiger charge is -2.08. The van der Waals surface area contributed by atoms with Gasteiger partial charge in [0.15, 0.2) is 5.16 Å². The Kier molecular flexibility index (Phi) is 4.44. The maximum Gasteiger partial charge on any atom is 0.313 e. The van der Waals surface area contributed by atoms with E-state index in [0.29, 0.717) is 16.7 Å². The first-order chi connectivity index (χ1) is 9.06. The Balaban J connectivity index is 2.19. The molecule has 0 aliphatic carbocycles. The molecule has 5 nitrogen and oxygen atoms in total. The van der Waals surface area contributed by atoms with Crippen LogP contribution in [0, 0.1) is 6.92 Å². The van der Waals surface area contributed by atoms with Crippen LogP contribution in [0.2, 0.25) is 5.02 Å². The number of carboxylic acids is 1. The summed E-state index contributed by atoms with van der Waals surface area (Å²) in [6.45, 7) is 2.41. The molecule has 7 heteroatoms. The average molecular weight is 298 g/mol. The molecule has 0 spiro atoms. The van der Waals surface area contributed by atoms with Crippen molar-refractivity contribution in [1.29, 1.82) is 0 Å². The quantitative estimate of drug-likeness (QED) is 0.859. The van der Waals surface area contributed by atoms with Gasteiger partial charge in [-0.1, -0.05) is 35.5 Å². The number of hydrogen-bond acceptors (Lipinski definition) is 4. The van der Waals surface area contributed by atoms with Crippen molar-refractivity contribution < 1.29 is 9.90 Å². The molecule has 0 aliphatic heterocycles. The van der Waals surface area contributed by atoms with Gasteiger partial charge in [0.25, 0.3) is 0 Å². The molecule has 100 valence electrons. The van der Waals surface area contributed by atoms with Crippen molar-refractivity contribution in [2.45, 2.75) is 18.6 Å². The van der Waals surface area contributed by atoms with Gasteiger partial charge in [-0.3, -0.25) is 4.79 Å². The summed E-state index contributed by atoms with van der Waals surface area (Å²) in [5, 5.41) is 17.9. The number of nitrogens with zero attached hydrogens (tertiary/aromatic N) is 3. The summed E-state index contributed by atoms with van der Waals surface area (Å²) in [7, 11) is 0. The number of benzene rings is 1. The van der Waals surface area contributed by atoms with Crippen LogP contribution >= 0.6 is 23.4 Å². The van der Waals surface area contributed by atoms with Crippen LogP contribution in [0.25, 0.3) is 0 Å². The highest BCUT2D eigenvalue weighted by molar-refractivity contribution is 7.99. The zero-order valence-corrected chi connectivity index (χ0v) is 11.8. The molecule has 0 saturated carbocycles. The van der Waals surface area contributed by atoms with Crippen LogP contribution in [-0.4, -0.2) is 31.6 Å². The van der Waals surface area contributed by atoms with Gasteiger partial charge in [-0.2, -0.15) is 0 Å². The van der Waals surface area contributed by atoms with E-state index in [4.69, 9.17) is 16.7 Å². The van der Waals surface area contributed by atoms with Crippen molar-refractivity contribution in [3.63, 3.8) is 0 Å². The van der Waals surface area contributed by atoms with Crippen LogP contribution in [0.1, 0.15) is 11.4 Å². The van der Waals surface area contributed by atoms with Gasteiger partial charge in [0.05, 0.1) is 12.3 Å². The van der Waals surface area contributed by atoms with E-state index in [1.165, 1.54) is 0 Å². The molecule has 2 aromatic rings. The lowest BCUT2D eigenvalue weighted by Crippen LogP contribution is -2.06. The van der Waals surface area contributed by atoms with E-state index in [1.807, 2.05) is 35.8 Å². The van der Waals surface area contributed by atoms with Gasteiger partial charge in [-0.15, -0.1) is 10.2 Å². The minimum atomic E-state index is -0.875. The first kappa shape index (κ1) is 13.9. The molecule has 0 aliphatic rings. The number of rotatable bonds is 5. The first-order valence-corrected chi connectivity index (χ1v) is 6.91.